The van der Waals surface area contributed by atoms with Gasteiger partial charge in [0.05, 0.1) is 12.8 Å². The van der Waals surface area contributed by atoms with Gasteiger partial charge in [0, 0.05) is 13.5 Å². The molecule has 0 heterocycles. The Bertz CT molecular complexity index is 686. The highest BCUT2D eigenvalue weighted by molar-refractivity contribution is 5.90. The average Bonchev–Trinajstić information content (AvgIpc) is 2.53. The van der Waals surface area contributed by atoms with Crippen LogP contribution in [-0.2, 0) is 11.3 Å². The predicted octanol–water partition coefficient (Wildman–Crippen LogP) is 2.94. The van der Waals surface area contributed by atoms with Gasteiger partial charge in [0.2, 0.25) is 5.91 Å². The van der Waals surface area contributed by atoms with Gasteiger partial charge in [-0.05, 0) is 29.8 Å². The lowest BCUT2D eigenvalue weighted by Gasteiger charge is -2.11. The Kier molecular flexibility index (Phi) is 5.57. The normalized spacial score (nSPS) is 9.83. The van der Waals surface area contributed by atoms with E-state index in [0.29, 0.717) is 17.2 Å². The van der Waals surface area contributed by atoms with Crippen molar-refractivity contribution in [1.29, 1.82) is 0 Å². The van der Waals surface area contributed by atoms with Crippen molar-refractivity contribution in [1.82, 2.24) is 5.32 Å². The minimum Gasteiger partial charge on any atom is -0.495 e. The molecule has 0 unspecified atom stereocenters. The highest BCUT2D eigenvalue weighted by Crippen LogP contribution is 2.25. The maximum atomic E-state index is 11.7. The summed E-state index contributed by atoms with van der Waals surface area (Å²) >= 11 is 0. The molecule has 6 nitrogen and oxygen atoms in total. The van der Waals surface area contributed by atoms with Crippen LogP contribution in [0.1, 0.15) is 12.5 Å². The van der Waals surface area contributed by atoms with Crippen LogP contribution in [0.4, 0.5) is 10.5 Å². The molecule has 23 heavy (non-hydrogen) atoms. The molecule has 2 rings (SSSR count). The number of anilines is 1. The zero-order valence-corrected chi connectivity index (χ0v) is 13.0. The topological polar surface area (TPSA) is 76.7 Å². The second kappa shape index (κ2) is 7.84. The molecule has 2 amide bonds. The summed E-state index contributed by atoms with van der Waals surface area (Å²) in [4.78, 5) is 22.9. The van der Waals surface area contributed by atoms with Gasteiger partial charge in [-0.3, -0.25) is 4.79 Å². The molecular weight excluding hydrogens is 296 g/mol. The average molecular weight is 314 g/mol. The molecule has 0 saturated heterocycles. The van der Waals surface area contributed by atoms with Crippen LogP contribution in [0.15, 0.2) is 48.5 Å². The molecule has 0 aliphatic rings. The van der Waals surface area contributed by atoms with E-state index in [2.05, 4.69) is 10.6 Å². The van der Waals surface area contributed by atoms with Gasteiger partial charge in [0.15, 0.2) is 0 Å². The lowest BCUT2D eigenvalue weighted by molar-refractivity contribution is -0.114. The van der Waals surface area contributed by atoms with Crippen LogP contribution in [0.25, 0.3) is 0 Å². The number of methoxy groups -OCH3 is 1. The van der Waals surface area contributed by atoms with Crippen LogP contribution >= 0.6 is 0 Å². The standard InChI is InChI=1S/C17H18N2O4/c1-12(20)19-15-10-13(8-9-16(15)22-2)11-18-17(21)23-14-6-4-3-5-7-14/h3-10H,11H2,1-2H3,(H,18,21)(H,19,20). The zero-order chi connectivity index (χ0) is 16.7. The van der Waals surface area contributed by atoms with Crippen molar-refractivity contribution in [2.24, 2.45) is 0 Å². The molecule has 120 valence electrons. The van der Waals surface area contributed by atoms with Crippen molar-refractivity contribution >= 4 is 17.7 Å². The fraction of sp³-hybridized carbons (Fsp3) is 0.176. The number of hydrogen-bond acceptors (Lipinski definition) is 4. The molecule has 0 aliphatic heterocycles. The Hall–Kier alpha value is -3.02. The highest BCUT2D eigenvalue weighted by Gasteiger charge is 2.08. The number of carbonyl (C=O) groups is 2. The number of rotatable bonds is 5. The summed E-state index contributed by atoms with van der Waals surface area (Å²) in [5, 5.41) is 5.34. The Balaban J connectivity index is 1.97. The maximum absolute atomic E-state index is 11.7. The van der Waals surface area contributed by atoms with Crippen LogP contribution in [0.2, 0.25) is 0 Å². The fourth-order valence-corrected chi connectivity index (χ4v) is 1.96. The van der Waals surface area contributed by atoms with Crippen LogP contribution in [-0.4, -0.2) is 19.1 Å². The van der Waals surface area contributed by atoms with Crippen molar-refractivity contribution in [2.45, 2.75) is 13.5 Å². The smallest absolute Gasteiger partial charge is 0.412 e. The third kappa shape index (κ3) is 5.03. The van der Waals surface area contributed by atoms with E-state index in [1.54, 1.807) is 42.5 Å². The van der Waals surface area contributed by atoms with E-state index >= 15 is 0 Å². The first kappa shape index (κ1) is 16.4. The maximum Gasteiger partial charge on any atom is 0.412 e. The Morgan fingerprint density at radius 3 is 2.48 bits per heavy atom. The molecule has 0 spiro atoms. The van der Waals surface area contributed by atoms with E-state index in [1.807, 2.05) is 6.07 Å². The van der Waals surface area contributed by atoms with Crippen molar-refractivity contribution in [2.75, 3.05) is 12.4 Å². The number of carbonyl (C=O) groups excluding carboxylic acids is 2. The summed E-state index contributed by atoms with van der Waals surface area (Å²) in [6, 6.07) is 14.1. The molecule has 0 aliphatic carbocycles. The molecular formula is C17H18N2O4. The number of para-hydroxylation sites is 1. The monoisotopic (exact) mass is 314 g/mol. The molecule has 0 atom stereocenters. The molecule has 2 aromatic carbocycles. The zero-order valence-electron chi connectivity index (χ0n) is 13.0. The molecule has 0 radical (unpaired) electrons. The van der Waals surface area contributed by atoms with Crippen molar-refractivity contribution in [3.05, 3.63) is 54.1 Å². The van der Waals surface area contributed by atoms with Gasteiger partial charge in [0.25, 0.3) is 0 Å². The molecule has 2 N–H and O–H groups in total. The van der Waals surface area contributed by atoms with Crippen molar-refractivity contribution in [3.63, 3.8) is 0 Å². The number of hydrogen-bond donors (Lipinski definition) is 2. The van der Waals surface area contributed by atoms with E-state index in [9.17, 15) is 9.59 Å². The second-order valence-electron chi connectivity index (χ2n) is 4.77. The van der Waals surface area contributed by atoms with Gasteiger partial charge in [-0.25, -0.2) is 4.79 Å². The number of benzene rings is 2. The Labute approximate surface area is 134 Å². The number of ether oxygens (including phenoxy) is 2. The van der Waals surface area contributed by atoms with E-state index in [1.165, 1.54) is 14.0 Å². The van der Waals surface area contributed by atoms with E-state index in [0.717, 1.165) is 5.56 Å². The first-order valence-corrected chi connectivity index (χ1v) is 7.03. The first-order valence-electron chi connectivity index (χ1n) is 7.03. The highest BCUT2D eigenvalue weighted by atomic mass is 16.6. The lowest BCUT2D eigenvalue weighted by Crippen LogP contribution is -2.26. The third-order valence-electron chi connectivity index (χ3n) is 2.97. The van der Waals surface area contributed by atoms with Crippen molar-refractivity contribution < 1.29 is 19.1 Å². The van der Waals surface area contributed by atoms with E-state index in [-0.39, 0.29) is 12.5 Å². The van der Waals surface area contributed by atoms with E-state index in [4.69, 9.17) is 9.47 Å². The van der Waals surface area contributed by atoms with Gasteiger partial charge in [0.1, 0.15) is 11.5 Å². The van der Waals surface area contributed by atoms with Gasteiger partial charge in [-0.15, -0.1) is 0 Å². The SMILES string of the molecule is COc1ccc(CNC(=O)Oc2ccccc2)cc1NC(C)=O. The molecule has 6 heteroatoms. The summed E-state index contributed by atoms with van der Waals surface area (Å²) < 4.78 is 10.3. The number of nitrogens with one attached hydrogen (secondary N) is 2. The quantitative estimate of drug-likeness (QED) is 0.889. The van der Waals surface area contributed by atoms with Crippen LogP contribution in [0.5, 0.6) is 11.5 Å². The second-order valence-corrected chi connectivity index (χ2v) is 4.77. The minimum absolute atomic E-state index is 0.197. The summed E-state index contributed by atoms with van der Waals surface area (Å²) in [6.07, 6.45) is -0.548. The van der Waals surface area contributed by atoms with Gasteiger partial charge < -0.3 is 20.1 Å². The third-order valence-corrected chi connectivity index (χ3v) is 2.97. The van der Waals surface area contributed by atoms with Gasteiger partial charge >= 0.3 is 6.09 Å². The van der Waals surface area contributed by atoms with E-state index < -0.39 is 6.09 Å². The Morgan fingerprint density at radius 1 is 1.09 bits per heavy atom. The summed E-state index contributed by atoms with van der Waals surface area (Å²) in [7, 11) is 1.52. The lowest BCUT2D eigenvalue weighted by atomic mass is 10.2. The predicted molar refractivity (Wildman–Crippen MR) is 86.6 cm³/mol. The summed E-state index contributed by atoms with van der Waals surface area (Å²) in [5.74, 6) is 0.825. The van der Waals surface area contributed by atoms with Gasteiger partial charge in [-0.1, -0.05) is 24.3 Å². The molecule has 0 fully saturated rings. The van der Waals surface area contributed by atoms with Gasteiger partial charge in [-0.2, -0.15) is 0 Å². The van der Waals surface area contributed by atoms with Crippen LogP contribution in [0, 0.1) is 0 Å². The number of amides is 2. The first-order chi connectivity index (χ1) is 11.1. The molecule has 0 bridgehead atoms. The largest absolute Gasteiger partial charge is 0.495 e. The summed E-state index contributed by atoms with van der Waals surface area (Å²) in [6.45, 7) is 1.68. The molecule has 2 aromatic rings. The minimum atomic E-state index is -0.548. The molecule has 0 saturated carbocycles. The van der Waals surface area contributed by atoms with Crippen LogP contribution < -0.4 is 20.1 Å². The van der Waals surface area contributed by atoms with Crippen LogP contribution in [0.3, 0.4) is 0 Å². The van der Waals surface area contributed by atoms with Crippen molar-refractivity contribution in [3.8, 4) is 11.5 Å². The fourth-order valence-electron chi connectivity index (χ4n) is 1.96. The Morgan fingerprint density at radius 2 is 1.83 bits per heavy atom. The molecule has 0 aromatic heterocycles. The summed E-state index contributed by atoms with van der Waals surface area (Å²) in [5.41, 5.74) is 1.36.